The number of piperidine rings is 1. The van der Waals surface area contributed by atoms with E-state index in [1.165, 1.54) is 51.6 Å². The summed E-state index contributed by atoms with van der Waals surface area (Å²) in [7, 11) is 1.39. The first-order chi connectivity index (χ1) is 19.6. The zero-order chi connectivity index (χ0) is 27.7. The Kier molecular flexibility index (Phi) is 8.98. The number of likely N-dealkylation sites (tertiary alicyclic amines) is 1. The zero-order valence-electron chi connectivity index (χ0n) is 22.6. The number of benzene rings is 4. The highest BCUT2D eigenvalue weighted by Crippen LogP contribution is 2.32. The first-order valence-electron chi connectivity index (χ1n) is 13.6. The molecule has 2 N–H and O–H groups in total. The lowest BCUT2D eigenvalue weighted by molar-refractivity contribution is 0.183. The van der Waals surface area contributed by atoms with E-state index in [2.05, 4.69) is 15.5 Å². The fourth-order valence-corrected chi connectivity index (χ4v) is 4.85. The van der Waals surface area contributed by atoms with E-state index < -0.39 is 11.8 Å². The van der Waals surface area contributed by atoms with E-state index in [4.69, 9.17) is 14.2 Å². The Morgan fingerprint density at radius 3 is 2.35 bits per heavy atom. The van der Waals surface area contributed by atoms with Crippen molar-refractivity contribution in [1.29, 1.82) is 0 Å². The molecule has 40 heavy (non-hydrogen) atoms. The second-order valence-corrected chi connectivity index (χ2v) is 9.77. The number of ether oxygens (including phenoxy) is 3. The van der Waals surface area contributed by atoms with Crippen LogP contribution in [0.4, 0.5) is 20.6 Å². The molecule has 1 heterocycles. The van der Waals surface area contributed by atoms with Gasteiger partial charge >= 0.3 is 6.03 Å². The minimum absolute atomic E-state index is 0.111. The second kappa shape index (κ2) is 13.2. The summed E-state index contributed by atoms with van der Waals surface area (Å²) in [6, 6.07) is 23.1. The van der Waals surface area contributed by atoms with Gasteiger partial charge in [-0.15, -0.1) is 0 Å². The van der Waals surface area contributed by atoms with Gasteiger partial charge in [-0.25, -0.2) is 9.18 Å². The maximum absolute atomic E-state index is 14.0. The van der Waals surface area contributed by atoms with Gasteiger partial charge in [0.15, 0.2) is 11.6 Å². The average Bonchev–Trinajstić information content (AvgIpc) is 2.98. The number of halogens is 1. The molecule has 0 aliphatic carbocycles. The van der Waals surface area contributed by atoms with Gasteiger partial charge in [-0.1, -0.05) is 42.8 Å². The standard InChI is InChI=1S/C32H34FN3O4/c1-38-31-15-11-24(21-28(31)33)34-32(37)35-29-14-16-30(27-8-4-3-7-26(27)29)40-22-23-9-12-25(13-10-23)39-20-19-36-17-5-2-6-18-36/h3-4,7-16,21H,2,5-6,17-20,22H2,1H3,(H2,34,35,37). The highest BCUT2D eigenvalue weighted by atomic mass is 19.1. The Hall–Kier alpha value is -4.30. The third-order valence-corrected chi connectivity index (χ3v) is 6.98. The van der Waals surface area contributed by atoms with Gasteiger partial charge in [0.25, 0.3) is 0 Å². The van der Waals surface area contributed by atoms with Gasteiger partial charge in [-0.2, -0.15) is 0 Å². The summed E-state index contributed by atoms with van der Waals surface area (Å²) < 4.78 is 31.0. The third kappa shape index (κ3) is 7.01. The Labute approximate surface area is 233 Å². The lowest BCUT2D eigenvalue weighted by Gasteiger charge is -2.26. The van der Waals surface area contributed by atoms with Gasteiger partial charge in [0, 0.05) is 29.1 Å². The van der Waals surface area contributed by atoms with E-state index >= 15 is 0 Å². The molecule has 4 aromatic rings. The molecule has 8 heteroatoms. The number of anilines is 2. The number of rotatable bonds is 10. The molecule has 5 rings (SSSR count). The van der Waals surface area contributed by atoms with Gasteiger partial charge in [0.1, 0.15) is 24.7 Å². The Balaban J connectivity index is 1.18. The van der Waals surface area contributed by atoms with Crippen molar-refractivity contribution in [2.75, 3.05) is 44.0 Å². The lowest BCUT2D eigenvalue weighted by atomic mass is 10.1. The van der Waals surface area contributed by atoms with Crippen LogP contribution in [-0.2, 0) is 6.61 Å². The molecule has 0 bridgehead atoms. The molecule has 7 nitrogen and oxygen atoms in total. The smallest absolute Gasteiger partial charge is 0.323 e. The van der Waals surface area contributed by atoms with Crippen LogP contribution < -0.4 is 24.8 Å². The van der Waals surface area contributed by atoms with Gasteiger partial charge in [0.2, 0.25) is 0 Å². The predicted octanol–water partition coefficient (Wildman–Crippen LogP) is 7.08. The second-order valence-electron chi connectivity index (χ2n) is 9.77. The first kappa shape index (κ1) is 27.3. The fourth-order valence-electron chi connectivity index (χ4n) is 4.85. The summed E-state index contributed by atoms with van der Waals surface area (Å²) in [5.74, 6) is 1.13. The van der Waals surface area contributed by atoms with Crippen molar-refractivity contribution in [2.45, 2.75) is 25.9 Å². The quantitative estimate of drug-likeness (QED) is 0.224. The van der Waals surface area contributed by atoms with Gasteiger partial charge in [0.05, 0.1) is 12.8 Å². The lowest BCUT2D eigenvalue weighted by Crippen LogP contribution is -2.33. The number of hydrogen-bond donors (Lipinski definition) is 2. The highest BCUT2D eigenvalue weighted by molar-refractivity contribution is 6.07. The van der Waals surface area contributed by atoms with Crippen LogP contribution in [0.1, 0.15) is 24.8 Å². The zero-order valence-corrected chi connectivity index (χ0v) is 22.6. The van der Waals surface area contributed by atoms with Gasteiger partial charge in [-0.05, 0) is 67.9 Å². The molecule has 0 atom stereocenters. The first-order valence-corrected chi connectivity index (χ1v) is 13.6. The molecule has 0 unspecified atom stereocenters. The molecule has 0 radical (unpaired) electrons. The number of fused-ring (bicyclic) bond motifs is 1. The number of methoxy groups -OCH3 is 1. The van der Waals surface area contributed by atoms with Crippen molar-refractivity contribution in [3.8, 4) is 17.2 Å². The van der Waals surface area contributed by atoms with Crippen LogP contribution in [0.25, 0.3) is 10.8 Å². The summed E-state index contributed by atoms with van der Waals surface area (Å²) in [6.45, 7) is 4.39. The van der Waals surface area contributed by atoms with E-state index in [0.717, 1.165) is 28.6 Å². The summed E-state index contributed by atoms with van der Waals surface area (Å²) in [5.41, 5.74) is 1.96. The van der Waals surface area contributed by atoms with Crippen LogP contribution in [0.15, 0.2) is 78.9 Å². The van der Waals surface area contributed by atoms with E-state index in [-0.39, 0.29) is 5.75 Å². The molecule has 1 aliphatic heterocycles. The summed E-state index contributed by atoms with van der Waals surface area (Å²) in [6.07, 6.45) is 3.90. The SMILES string of the molecule is COc1ccc(NC(=O)Nc2ccc(OCc3ccc(OCCN4CCCCC4)cc3)c3ccccc23)cc1F. The third-order valence-electron chi connectivity index (χ3n) is 6.98. The molecular formula is C32H34FN3O4. The number of carbonyl (C=O) groups is 1. The normalized spacial score (nSPS) is 13.6. The van der Waals surface area contributed by atoms with Crippen LogP contribution in [0.2, 0.25) is 0 Å². The number of urea groups is 1. The average molecular weight is 544 g/mol. The van der Waals surface area contributed by atoms with Crippen molar-refractivity contribution in [2.24, 2.45) is 0 Å². The Bertz CT molecular complexity index is 1440. The van der Waals surface area contributed by atoms with Gasteiger partial charge in [-0.3, -0.25) is 4.90 Å². The molecule has 2 amide bonds. The molecule has 4 aromatic carbocycles. The van der Waals surface area contributed by atoms with Crippen molar-refractivity contribution in [3.05, 3.63) is 90.2 Å². The molecule has 1 fully saturated rings. The topological polar surface area (TPSA) is 72.1 Å². The maximum atomic E-state index is 14.0. The Morgan fingerprint density at radius 1 is 0.850 bits per heavy atom. The van der Waals surface area contributed by atoms with E-state index in [1.54, 1.807) is 12.1 Å². The number of hydrogen-bond acceptors (Lipinski definition) is 5. The van der Waals surface area contributed by atoms with Crippen molar-refractivity contribution < 1.29 is 23.4 Å². The number of nitrogens with one attached hydrogen (secondary N) is 2. The predicted molar refractivity (Wildman–Crippen MR) is 156 cm³/mol. The molecule has 1 saturated heterocycles. The van der Waals surface area contributed by atoms with E-state index in [1.807, 2.05) is 54.6 Å². The van der Waals surface area contributed by atoms with Crippen LogP contribution in [0.3, 0.4) is 0 Å². The van der Waals surface area contributed by atoms with Crippen LogP contribution in [0, 0.1) is 5.82 Å². The molecule has 208 valence electrons. The van der Waals surface area contributed by atoms with Crippen LogP contribution in [-0.4, -0.2) is 44.3 Å². The van der Waals surface area contributed by atoms with Gasteiger partial charge < -0.3 is 24.8 Å². The van der Waals surface area contributed by atoms with Crippen molar-refractivity contribution in [1.82, 2.24) is 4.90 Å². The Morgan fingerprint density at radius 2 is 1.60 bits per heavy atom. The molecule has 0 saturated carbocycles. The molecular weight excluding hydrogens is 509 g/mol. The highest BCUT2D eigenvalue weighted by Gasteiger charge is 2.12. The number of amides is 2. The minimum atomic E-state index is -0.553. The molecule has 1 aliphatic rings. The summed E-state index contributed by atoms with van der Waals surface area (Å²) in [4.78, 5) is 15.1. The van der Waals surface area contributed by atoms with Crippen LogP contribution in [0.5, 0.6) is 17.2 Å². The van der Waals surface area contributed by atoms with Crippen molar-refractivity contribution >= 4 is 28.2 Å². The van der Waals surface area contributed by atoms with Crippen LogP contribution >= 0.6 is 0 Å². The van der Waals surface area contributed by atoms with E-state index in [0.29, 0.717) is 30.3 Å². The maximum Gasteiger partial charge on any atom is 0.323 e. The van der Waals surface area contributed by atoms with E-state index in [9.17, 15) is 9.18 Å². The number of nitrogens with zero attached hydrogens (tertiary/aromatic N) is 1. The number of carbonyl (C=O) groups excluding carboxylic acids is 1. The molecule has 0 aromatic heterocycles. The van der Waals surface area contributed by atoms with Crippen molar-refractivity contribution in [3.63, 3.8) is 0 Å². The molecule has 0 spiro atoms. The summed E-state index contributed by atoms with van der Waals surface area (Å²) >= 11 is 0. The monoisotopic (exact) mass is 543 g/mol. The largest absolute Gasteiger partial charge is 0.494 e. The summed E-state index contributed by atoms with van der Waals surface area (Å²) in [5, 5.41) is 7.20. The minimum Gasteiger partial charge on any atom is -0.494 e. The fraction of sp³-hybridized carbons (Fsp3) is 0.281.